The third-order valence-electron chi connectivity index (χ3n) is 4.29. The van der Waals surface area contributed by atoms with Crippen molar-refractivity contribution in [1.29, 1.82) is 0 Å². The maximum absolute atomic E-state index is 12.6. The van der Waals surface area contributed by atoms with Crippen molar-refractivity contribution in [3.63, 3.8) is 0 Å². The highest BCUT2D eigenvalue weighted by molar-refractivity contribution is 5.94. The van der Waals surface area contributed by atoms with Gasteiger partial charge in [0.1, 0.15) is 11.3 Å². The van der Waals surface area contributed by atoms with Crippen molar-refractivity contribution < 1.29 is 9.59 Å². The van der Waals surface area contributed by atoms with Crippen molar-refractivity contribution in [3.8, 4) is 0 Å². The minimum Gasteiger partial charge on any atom is -0.356 e. The molecule has 0 unspecified atom stereocenters. The first kappa shape index (κ1) is 15.5. The Labute approximate surface area is 135 Å². The fourth-order valence-electron chi connectivity index (χ4n) is 2.97. The van der Waals surface area contributed by atoms with Crippen molar-refractivity contribution in [2.24, 2.45) is 5.92 Å². The standard InChI is InChI=1S/C17H22N4O2/c1-3-7-18-16(22)13-6-9-21(10-13)17(23)14-11-20-8-4-5-12(2)15(20)19-14/h4-5,8,11,13H,3,6-7,9-10H2,1-2H3,(H,18,22)/t13-/m1/s1. The molecule has 3 rings (SSSR count). The second kappa shape index (κ2) is 6.40. The predicted octanol–water partition coefficient (Wildman–Crippen LogP) is 1.63. The number of carbonyl (C=O) groups excluding carboxylic acids is 2. The molecule has 2 aromatic rings. The van der Waals surface area contributed by atoms with Gasteiger partial charge in [0, 0.05) is 32.0 Å². The molecule has 1 atom stereocenters. The van der Waals surface area contributed by atoms with Crippen molar-refractivity contribution in [1.82, 2.24) is 19.6 Å². The van der Waals surface area contributed by atoms with Crippen molar-refractivity contribution in [3.05, 3.63) is 35.8 Å². The van der Waals surface area contributed by atoms with Gasteiger partial charge in [0.05, 0.1) is 5.92 Å². The number of carbonyl (C=O) groups is 2. The van der Waals surface area contributed by atoms with E-state index in [4.69, 9.17) is 0 Å². The van der Waals surface area contributed by atoms with Gasteiger partial charge in [-0.05, 0) is 31.4 Å². The summed E-state index contributed by atoms with van der Waals surface area (Å²) in [6, 6.07) is 3.91. The van der Waals surface area contributed by atoms with E-state index in [9.17, 15) is 9.59 Å². The summed E-state index contributed by atoms with van der Waals surface area (Å²) in [7, 11) is 0. The lowest BCUT2D eigenvalue weighted by atomic mass is 10.1. The Morgan fingerprint density at radius 2 is 2.26 bits per heavy atom. The van der Waals surface area contributed by atoms with Gasteiger partial charge in [0.15, 0.2) is 0 Å². The number of rotatable bonds is 4. The topological polar surface area (TPSA) is 66.7 Å². The molecule has 1 N–H and O–H groups in total. The van der Waals surface area contributed by atoms with E-state index in [1.165, 1.54) is 0 Å². The van der Waals surface area contributed by atoms with E-state index < -0.39 is 0 Å². The third-order valence-corrected chi connectivity index (χ3v) is 4.29. The number of nitrogens with one attached hydrogen (secondary N) is 1. The summed E-state index contributed by atoms with van der Waals surface area (Å²) in [6.45, 7) is 5.77. The summed E-state index contributed by atoms with van der Waals surface area (Å²) < 4.78 is 1.87. The van der Waals surface area contributed by atoms with Crippen LogP contribution >= 0.6 is 0 Å². The van der Waals surface area contributed by atoms with Gasteiger partial charge in [-0.1, -0.05) is 13.0 Å². The number of hydrogen-bond acceptors (Lipinski definition) is 3. The Bertz CT molecular complexity index is 737. The summed E-state index contributed by atoms with van der Waals surface area (Å²) in [5, 5.41) is 2.91. The van der Waals surface area contributed by atoms with Gasteiger partial charge in [-0.3, -0.25) is 9.59 Å². The van der Waals surface area contributed by atoms with Crippen LogP contribution < -0.4 is 5.32 Å². The van der Waals surface area contributed by atoms with Gasteiger partial charge in [0.2, 0.25) is 5.91 Å². The first-order valence-electron chi connectivity index (χ1n) is 8.11. The average molecular weight is 314 g/mol. The molecule has 1 saturated heterocycles. The van der Waals surface area contributed by atoms with E-state index in [0.717, 1.165) is 17.6 Å². The number of nitrogens with zero attached hydrogens (tertiary/aromatic N) is 3. The van der Waals surface area contributed by atoms with Gasteiger partial charge in [-0.2, -0.15) is 0 Å². The van der Waals surface area contributed by atoms with Crippen LogP contribution in [0.25, 0.3) is 5.65 Å². The van der Waals surface area contributed by atoms with Crippen LogP contribution in [0.3, 0.4) is 0 Å². The lowest BCUT2D eigenvalue weighted by molar-refractivity contribution is -0.124. The molecular formula is C17H22N4O2. The van der Waals surface area contributed by atoms with Crippen LogP contribution in [0.1, 0.15) is 35.8 Å². The summed E-state index contributed by atoms with van der Waals surface area (Å²) in [4.78, 5) is 30.8. The molecule has 0 aliphatic carbocycles. The van der Waals surface area contributed by atoms with E-state index in [2.05, 4.69) is 10.3 Å². The van der Waals surface area contributed by atoms with Crippen LogP contribution in [-0.2, 0) is 4.79 Å². The Morgan fingerprint density at radius 1 is 1.43 bits per heavy atom. The van der Waals surface area contributed by atoms with Crippen LogP contribution in [0.15, 0.2) is 24.5 Å². The molecule has 6 nitrogen and oxygen atoms in total. The summed E-state index contributed by atoms with van der Waals surface area (Å²) in [5.74, 6) is -0.156. The largest absolute Gasteiger partial charge is 0.356 e. The molecule has 2 aromatic heterocycles. The molecule has 0 radical (unpaired) electrons. The van der Waals surface area contributed by atoms with Crippen molar-refractivity contribution in [2.75, 3.05) is 19.6 Å². The molecule has 0 bridgehead atoms. The quantitative estimate of drug-likeness (QED) is 0.933. The SMILES string of the molecule is CCCNC(=O)[C@@H]1CCN(C(=O)c2cn3cccc(C)c3n2)C1. The van der Waals surface area contributed by atoms with E-state index in [0.29, 0.717) is 31.7 Å². The molecule has 122 valence electrons. The number of amides is 2. The Kier molecular flexibility index (Phi) is 4.32. The van der Waals surface area contributed by atoms with Crippen LogP contribution in [0.4, 0.5) is 0 Å². The number of imidazole rings is 1. The first-order chi connectivity index (χ1) is 11.1. The number of hydrogen-bond donors (Lipinski definition) is 1. The molecule has 0 aromatic carbocycles. The Hall–Kier alpha value is -2.37. The number of likely N-dealkylation sites (tertiary alicyclic amines) is 1. The minimum atomic E-state index is -0.107. The average Bonchev–Trinajstić information content (AvgIpc) is 3.19. The van der Waals surface area contributed by atoms with E-state index in [1.807, 2.05) is 36.6 Å². The normalized spacial score (nSPS) is 17.7. The van der Waals surface area contributed by atoms with Crippen LogP contribution in [0, 0.1) is 12.8 Å². The van der Waals surface area contributed by atoms with E-state index in [-0.39, 0.29) is 17.7 Å². The highest BCUT2D eigenvalue weighted by atomic mass is 16.2. The maximum Gasteiger partial charge on any atom is 0.274 e. The molecule has 2 amide bonds. The van der Waals surface area contributed by atoms with Crippen LogP contribution in [0.5, 0.6) is 0 Å². The molecular weight excluding hydrogens is 292 g/mol. The van der Waals surface area contributed by atoms with Crippen LogP contribution in [0.2, 0.25) is 0 Å². The Balaban J connectivity index is 1.71. The highest BCUT2D eigenvalue weighted by Gasteiger charge is 2.32. The molecule has 1 aliphatic rings. The van der Waals surface area contributed by atoms with Gasteiger partial charge < -0.3 is 14.6 Å². The summed E-state index contributed by atoms with van der Waals surface area (Å²) in [5.41, 5.74) is 2.27. The van der Waals surface area contributed by atoms with Crippen molar-refractivity contribution >= 4 is 17.5 Å². The van der Waals surface area contributed by atoms with Gasteiger partial charge in [-0.15, -0.1) is 0 Å². The zero-order chi connectivity index (χ0) is 16.4. The smallest absolute Gasteiger partial charge is 0.274 e. The molecule has 0 spiro atoms. The molecule has 0 saturated carbocycles. The monoisotopic (exact) mass is 314 g/mol. The zero-order valence-corrected chi connectivity index (χ0v) is 13.6. The van der Waals surface area contributed by atoms with Gasteiger partial charge in [0.25, 0.3) is 5.91 Å². The lowest BCUT2D eigenvalue weighted by Gasteiger charge is -2.15. The summed E-state index contributed by atoms with van der Waals surface area (Å²) in [6.07, 6.45) is 5.28. The lowest BCUT2D eigenvalue weighted by Crippen LogP contribution is -2.35. The molecule has 6 heteroatoms. The van der Waals surface area contributed by atoms with Crippen molar-refractivity contribution in [2.45, 2.75) is 26.7 Å². The first-order valence-corrected chi connectivity index (χ1v) is 8.11. The second-order valence-electron chi connectivity index (χ2n) is 6.08. The molecule has 23 heavy (non-hydrogen) atoms. The third kappa shape index (κ3) is 3.06. The maximum atomic E-state index is 12.6. The van der Waals surface area contributed by atoms with E-state index in [1.54, 1.807) is 11.1 Å². The number of aryl methyl sites for hydroxylation is 1. The summed E-state index contributed by atoms with van der Waals surface area (Å²) >= 11 is 0. The van der Waals surface area contributed by atoms with Gasteiger partial charge >= 0.3 is 0 Å². The highest BCUT2D eigenvalue weighted by Crippen LogP contribution is 2.19. The molecule has 3 heterocycles. The fraction of sp³-hybridized carbons (Fsp3) is 0.471. The number of aromatic nitrogens is 2. The van der Waals surface area contributed by atoms with Gasteiger partial charge in [-0.25, -0.2) is 4.98 Å². The number of fused-ring (bicyclic) bond motifs is 1. The zero-order valence-electron chi connectivity index (χ0n) is 13.6. The Morgan fingerprint density at radius 3 is 3.00 bits per heavy atom. The second-order valence-corrected chi connectivity index (χ2v) is 6.08. The predicted molar refractivity (Wildman–Crippen MR) is 87.2 cm³/mol. The molecule has 1 fully saturated rings. The van der Waals surface area contributed by atoms with E-state index >= 15 is 0 Å². The fourth-order valence-corrected chi connectivity index (χ4v) is 2.97. The number of pyridine rings is 1. The molecule has 1 aliphatic heterocycles. The van der Waals surface area contributed by atoms with Crippen LogP contribution in [-0.4, -0.2) is 45.7 Å². The minimum absolute atomic E-state index is 0.0491.